The van der Waals surface area contributed by atoms with Crippen LogP contribution in [0, 0.1) is 0 Å². The van der Waals surface area contributed by atoms with E-state index in [1.165, 1.54) is 5.56 Å². The topological polar surface area (TPSA) is 38.3 Å². The second kappa shape index (κ2) is 7.34. The van der Waals surface area contributed by atoms with Crippen molar-refractivity contribution in [1.29, 1.82) is 0 Å². The summed E-state index contributed by atoms with van der Waals surface area (Å²) < 4.78 is 5.16. The summed E-state index contributed by atoms with van der Waals surface area (Å²) in [5.41, 5.74) is 3.33. The average molecular weight is 269 g/mol. The van der Waals surface area contributed by atoms with Crippen LogP contribution in [0.15, 0.2) is 54.6 Å². The van der Waals surface area contributed by atoms with E-state index >= 15 is 0 Å². The van der Waals surface area contributed by atoms with Crippen molar-refractivity contribution in [2.45, 2.75) is 26.5 Å². The van der Waals surface area contributed by atoms with E-state index in [2.05, 4.69) is 24.4 Å². The standard InChI is InChI=1S/C17H19NO2/c1-2-14-9-6-10-16(11-14)12-18-17(19)20-13-15-7-4-3-5-8-15/h3-11H,2,12-13H2,1H3,(H,18,19). The molecule has 3 nitrogen and oxygen atoms in total. The molecule has 2 aromatic carbocycles. The van der Waals surface area contributed by atoms with Crippen LogP contribution in [0.3, 0.4) is 0 Å². The van der Waals surface area contributed by atoms with Gasteiger partial charge in [0, 0.05) is 6.54 Å². The normalized spacial score (nSPS) is 10.1. The van der Waals surface area contributed by atoms with Crippen molar-refractivity contribution >= 4 is 6.09 Å². The first-order valence-electron chi connectivity index (χ1n) is 6.80. The number of nitrogens with one attached hydrogen (secondary N) is 1. The van der Waals surface area contributed by atoms with E-state index in [1.54, 1.807) is 0 Å². The number of alkyl carbamates (subject to hydrolysis) is 1. The Labute approximate surface area is 119 Å². The molecule has 2 rings (SSSR count). The van der Waals surface area contributed by atoms with Crippen LogP contribution in [0.2, 0.25) is 0 Å². The molecular formula is C17H19NO2. The van der Waals surface area contributed by atoms with Crippen LogP contribution in [-0.4, -0.2) is 6.09 Å². The molecule has 1 amide bonds. The van der Waals surface area contributed by atoms with Gasteiger partial charge < -0.3 is 10.1 Å². The number of amides is 1. The van der Waals surface area contributed by atoms with Gasteiger partial charge in [0.2, 0.25) is 0 Å². The molecule has 0 aromatic heterocycles. The van der Waals surface area contributed by atoms with Crippen LogP contribution in [0.1, 0.15) is 23.6 Å². The summed E-state index contributed by atoms with van der Waals surface area (Å²) in [4.78, 5) is 11.6. The third-order valence-corrected chi connectivity index (χ3v) is 3.05. The van der Waals surface area contributed by atoms with E-state index in [9.17, 15) is 4.79 Å². The molecule has 104 valence electrons. The van der Waals surface area contributed by atoms with Crippen LogP contribution < -0.4 is 5.32 Å². The van der Waals surface area contributed by atoms with Crippen LogP contribution >= 0.6 is 0 Å². The van der Waals surface area contributed by atoms with E-state index in [0.29, 0.717) is 13.2 Å². The van der Waals surface area contributed by atoms with Crippen LogP contribution in [0.5, 0.6) is 0 Å². The first-order chi connectivity index (χ1) is 9.78. The zero-order valence-corrected chi connectivity index (χ0v) is 11.6. The number of hydrogen-bond acceptors (Lipinski definition) is 2. The third-order valence-electron chi connectivity index (χ3n) is 3.05. The zero-order chi connectivity index (χ0) is 14.2. The molecule has 0 spiro atoms. The van der Waals surface area contributed by atoms with Crippen molar-refractivity contribution in [1.82, 2.24) is 5.32 Å². The summed E-state index contributed by atoms with van der Waals surface area (Å²) in [5, 5.41) is 2.76. The first kappa shape index (κ1) is 14.1. The fourth-order valence-electron chi connectivity index (χ4n) is 1.91. The summed E-state index contributed by atoms with van der Waals surface area (Å²) in [6, 6.07) is 17.8. The minimum absolute atomic E-state index is 0.293. The number of ether oxygens (including phenoxy) is 1. The molecule has 0 aliphatic carbocycles. The first-order valence-corrected chi connectivity index (χ1v) is 6.80. The van der Waals surface area contributed by atoms with Crippen molar-refractivity contribution < 1.29 is 9.53 Å². The lowest BCUT2D eigenvalue weighted by Crippen LogP contribution is -2.23. The number of rotatable bonds is 5. The maximum absolute atomic E-state index is 11.6. The number of carbonyl (C=O) groups excluding carboxylic acids is 1. The summed E-state index contributed by atoms with van der Waals surface area (Å²) in [6.07, 6.45) is 0.600. The molecular weight excluding hydrogens is 250 g/mol. The monoisotopic (exact) mass is 269 g/mol. The van der Waals surface area contributed by atoms with Gasteiger partial charge >= 0.3 is 6.09 Å². The molecule has 0 saturated carbocycles. The summed E-state index contributed by atoms with van der Waals surface area (Å²) >= 11 is 0. The van der Waals surface area contributed by atoms with Gasteiger partial charge in [-0.25, -0.2) is 4.79 Å². The Hall–Kier alpha value is -2.29. The SMILES string of the molecule is CCc1cccc(CNC(=O)OCc2ccccc2)c1. The molecule has 0 atom stereocenters. The Morgan fingerprint density at radius 2 is 1.70 bits per heavy atom. The predicted molar refractivity (Wildman–Crippen MR) is 79.3 cm³/mol. The average Bonchev–Trinajstić information content (AvgIpc) is 2.52. The van der Waals surface area contributed by atoms with E-state index in [1.807, 2.05) is 42.5 Å². The molecule has 20 heavy (non-hydrogen) atoms. The van der Waals surface area contributed by atoms with Gasteiger partial charge in [-0.1, -0.05) is 61.5 Å². The van der Waals surface area contributed by atoms with E-state index in [0.717, 1.165) is 17.5 Å². The van der Waals surface area contributed by atoms with E-state index < -0.39 is 6.09 Å². The van der Waals surface area contributed by atoms with Gasteiger partial charge in [0.1, 0.15) is 6.61 Å². The largest absolute Gasteiger partial charge is 0.445 e. The second-order valence-electron chi connectivity index (χ2n) is 4.59. The highest BCUT2D eigenvalue weighted by molar-refractivity contribution is 5.67. The van der Waals surface area contributed by atoms with E-state index in [4.69, 9.17) is 4.74 Å². The van der Waals surface area contributed by atoms with Gasteiger partial charge in [0.25, 0.3) is 0 Å². The number of aryl methyl sites for hydroxylation is 1. The second-order valence-corrected chi connectivity index (χ2v) is 4.59. The molecule has 0 radical (unpaired) electrons. The highest BCUT2D eigenvalue weighted by Gasteiger charge is 2.02. The summed E-state index contributed by atoms with van der Waals surface area (Å²) in [5.74, 6) is 0. The fourth-order valence-corrected chi connectivity index (χ4v) is 1.91. The quantitative estimate of drug-likeness (QED) is 0.899. The van der Waals surface area contributed by atoms with Crippen molar-refractivity contribution in [2.24, 2.45) is 0 Å². The number of benzene rings is 2. The Bertz CT molecular complexity index is 552. The Balaban J connectivity index is 1.77. The molecule has 2 aromatic rings. The molecule has 0 fully saturated rings. The van der Waals surface area contributed by atoms with Crippen LogP contribution in [0.25, 0.3) is 0 Å². The fraction of sp³-hybridized carbons (Fsp3) is 0.235. The molecule has 3 heteroatoms. The Morgan fingerprint density at radius 1 is 1.00 bits per heavy atom. The van der Waals surface area contributed by atoms with Gasteiger partial charge in [0.05, 0.1) is 0 Å². The van der Waals surface area contributed by atoms with Crippen molar-refractivity contribution in [2.75, 3.05) is 0 Å². The third kappa shape index (κ3) is 4.43. The van der Waals surface area contributed by atoms with Crippen LogP contribution in [0.4, 0.5) is 4.79 Å². The maximum atomic E-state index is 11.6. The van der Waals surface area contributed by atoms with Crippen molar-refractivity contribution in [3.05, 3.63) is 71.3 Å². The van der Waals surface area contributed by atoms with Crippen LogP contribution in [-0.2, 0) is 24.3 Å². The smallest absolute Gasteiger partial charge is 0.407 e. The highest BCUT2D eigenvalue weighted by Crippen LogP contribution is 2.06. The minimum atomic E-state index is -0.393. The number of hydrogen-bond donors (Lipinski definition) is 1. The van der Waals surface area contributed by atoms with Gasteiger partial charge in [-0.3, -0.25) is 0 Å². The molecule has 1 N–H and O–H groups in total. The summed E-state index contributed by atoms with van der Waals surface area (Å²) in [7, 11) is 0. The molecule has 0 unspecified atom stereocenters. The maximum Gasteiger partial charge on any atom is 0.407 e. The number of carbonyl (C=O) groups is 1. The van der Waals surface area contributed by atoms with Gasteiger partial charge in [-0.2, -0.15) is 0 Å². The van der Waals surface area contributed by atoms with Crippen molar-refractivity contribution in [3.63, 3.8) is 0 Å². The van der Waals surface area contributed by atoms with E-state index in [-0.39, 0.29) is 0 Å². The Kier molecular flexibility index (Phi) is 5.18. The van der Waals surface area contributed by atoms with Gasteiger partial charge in [-0.05, 0) is 23.1 Å². The molecule has 0 saturated heterocycles. The van der Waals surface area contributed by atoms with Gasteiger partial charge in [-0.15, -0.1) is 0 Å². The summed E-state index contributed by atoms with van der Waals surface area (Å²) in [6.45, 7) is 2.89. The molecule has 0 heterocycles. The highest BCUT2D eigenvalue weighted by atomic mass is 16.5. The lowest BCUT2D eigenvalue weighted by Gasteiger charge is -2.08. The lowest BCUT2D eigenvalue weighted by molar-refractivity contribution is 0.139. The van der Waals surface area contributed by atoms with Crippen molar-refractivity contribution in [3.8, 4) is 0 Å². The molecule has 0 aliphatic heterocycles. The Morgan fingerprint density at radius 3 is 2.45 bits per heavy atom. The predicted octanol–water partition coefficient (Wildman–Crippen LogP) is 3.68. The van der Waals surface area contributed by atoms with Gasteiger partial charge in [0.15, 0.2) is 0 Å². The molecule has 0 aliphatic rings. The lowest BCUT2D eigenvalue weighted by atomic mass is 10.1. The minimum Gasteiger partial charge on any atom is -0.445 e. The zero-order valence-electron chi connectivity index (χ0n) is 11.6. The molecule has 0 bridgehead atoms.